The number of anilines is 2. The summed E-state index contributed by atoms with van der Waals surface area (Å²) in [6.07, 6.45) is 5.58. The largest absolute Gasteiger partial charge is 0.466 e. The van der Waals surface area contributed by atoms with E-state index in [0.717, 1.165) is 45.4 Å². The van der Waals surface area contributed by atoms with Gasteiger partial charge in [-0.05, 0) is 70.0 Å². The van der Waals surface area contributed by atoms with Crippen LogP contribution in [0.25, 0.3) is 0 Å². The SMILES string of the molecule is CCOC(=O)[C@@H]1CCCN(CCCCCN(c2ccccc2)c2ccccc2)C1. The average Bonchev–Trinajstić information content (AvgIpc) is 2.78. The molecule has 0 amide bonds. The summed E-state index contributed by atoms with van der Waals surface area (Å²) in [4.78, 5) is 16.9. The molecule has 1 aliphatic rings. The summed E-state index contributed by atoms with van der Waals surface area (Å²) in [5.74, 6) is 0.0499. The topological polar surface area (TPSA) is 32.8 Å². The summed E-state index contributed by atoms with van der Waals surface area (Å²) >= 11 is 0. The molecule has 4 nitrogen and oxygen atoms in total. The van der Waals surface area contributed by atoms with Gasteiger partial charge in [0.1, 0.15) is 0 Å². The van der Waals surface area contributed by atoms with Crippen LogP contribution >= 0.6 is 0 Å². The molecule has 1 fully saturated rings. The number of hydrogen-bond donors (Lipinski definition) is 0. The minimum atomic E-state index is -0.0152. The Morgan fingerprint density at radius 3 is 2.28 bits per heavy atom. The van der Waals surface area contributed by atoms with Crippen LogP contribution in [-0.4, -0.2) is 43.7 Å². The third-order valence-corrected chi connectivity index (χ3v) is 5.62. The van der Waals surface area contributed by atoms with Crippen LogP contribution in [0.5, 0.6) is 0 Å². The summed E-state index contributed by atoms with van der Waals surface area (Å²) < 4.78 is 5.21. The van der Waals surface area contributed by atoms with Crippen LogP contribution in [0.1, 0.15) is 39.0 Å². The first-order valence-corrected chi connectivity index (χ1v) is 11.0. The Kier molecular flexibility index (Phi) is 8.57. The molecule has 0 aliphatic carbocycles. The van der Waals surface area contributed by atoms with Crippen molar-refractivity contribution < 1.29 is 9.53 Å². The zero-order chi connectivity index (χ0) is 20.3. The second-order valence-corrected chi connectivity index (χ2v) is 7.78. The molecule has 1 aliphatic heterocycles. The van der Waals surface area contributed by atoms with Gasteiger partial charge in [-0.2, -0.15) is 0 Å². The Morgan fingerprint density at radius 1 is 1.00 bits per heavy atom. The number of ether oxygens (including phenoxy) is 1. The molecule has 0 bridgehead atoms. The van der Waals surface area contributed by atoms with Crippen LogP contribution < -0.4 is 4.90 Å². The van der Waals surface area contributed by atoms with E-state index >= 15 is 0 Å². The van der Waals surface area contributed by atoms with E-state index in [1.807, 2.05) is 6.92 Å². The van der Waals surface area contributed by atoms with E-state index in [2.05, 4.69) is 70.5 Å². The van der Waals surface area contributed by atoms with Crippen molar-refractivity contribution in [2.45, 2.75) is 39.0 Å². The number of benzene rings is 2. The molecule has 0 saturated carbocycles. The molecule has 2 aromatic rings. The highest BCUT2D eigenvalue weighted by Gasteiger charge is 2.26. The molecule has 1 saturated heterocycles. The molecule has 0 N–H and O–H groups in total. The number of para-hydroxylation sites is 2. The second-order valence-electron chi connectivity index (χ2n) is 7.78. The van der Waals surface area contributed by atoms with Crippen molar-refractivity contribution in [1.29, 1.82) is 0 Å². The summed E-state index contributed by atoms with van der Waals surface area (Å²) in [5, 5.41) is 0. The van der Waals surface area contributed by atoms with E-state index < -0.39 is 0 Å². The molecule has 3 rings (SSSR count). The predicted octanol–water partition coefficient (Wildman–Crippen LogP) is 5.27. The van der Waals surface area contributed by atoms with Gasteiger partial charge in [-0.1, -0.05) is 42.8 Å². The van der Waals surface area contributed by atoms with Gasteiger partial charge in [0.2, 0.25) is 0 Å². The summed E-state index contributed by atoms with van der Waals surface area (Å²) in [7, 11) is 0. The number of esters is 1. The minimum Gasteiger partial charge on any atom is -0.466 e. The first-order chi connectivity index (χ1) is 14.3. The second kappa shape index (κ2) is 11.6. The quantitative estimate of drug-likeness (QED) is 0.406. The van der Waals surface area contributed by atoms with E-state index in [1.165, 1.54) is 24.2 Å². The minimum absolute atomic E-state index is 0.0152. The third kappa shape index (κ3) is 6.60. The maximum absolute atomic E-state index is 12.0. The van der Waals surface area contributed by atoms with Gasteiger partial charge < -0.3 is 14.5 Å². The van der Waals surface area contributed by atoms with E-state index in [1.54, 1.807) is 0 Å². The Labute approximate surface area is 175 Å². The van der Waals surface area contributed by atoms with Crippen molar-refractivity contribution in [3.05, 3.63) is 60.7 Å². The molecule has 1 atom stereocenters. The number of nitrogens with zero attached hydrogens (tertiary/aromatic N) is 2. The van der Waals surface area contributed by atoms with E-state index in [4.69, 9.17) is 4.74 Å². The number of piperidine rings is 1. The molecule has 2 aromatic carbocycles. The Morgan fingerprint density at radius 2 is 1.66 bits per heavy atom. The van der Waals surface area contributed by atoms with Crippen LogP contribution in [0.4, 0.5) is 11.4 Å². The van der Waals surface area contributed by atoms with Crippen molar-refractivity contribution in [2.24, 2.45) is 5.92 Å². The molecule has 4 heteroatoms. The van der Waals surface area contributed by atoms with E-state index in [9.17, 15) is 4.79 Å². The summed E-state index contributed by atoms with van der Waals surface area (Å²) in [6, 6.07) is 21.2. The lowest BCUT2D eigenvalue weighted by atomic mass is 9.98. The molecule has 0 radical (unpaired) electrons. The molecule has 0 spiro atoms. The highest BCUT2D eigenvalue weighted by Crippen LogP contribution is 2.25. The van der Waals surface area contributed by atoms with Gasteiger partial charge in [-0.15, -0.1) is 0 Å². The highest BCUT2D eigenvalue weighted by molar-refractivity contribution is 5.72. The molecule has 29 heavy (non-hydrogen) atoms. The zero-order valence-corrected chi connectivity index (χ0v) is 17.6. The summed E-state index contributed by atoms with van der Waals surface area (Å²) in [5.41, 5.74) is 2.49. The van der Waals surface area contributed by atoms with Crippen LogP contribution in [0, 0.1) is 5.92 Å². The Bertz CT molecular complexity index is 681. The van der Waals surface area contributed by atoms with Gasteiger partial charge >= 0.3 is 5.97 Å². The van der Waals surface area contributed by atoms with Crippen LogP contribution in [0.2, 0.25) is 0 Å². The number of rotatable bonds is 10. The van der Waals surface area contributed by atoms with Crippen molar-refractivity contribution in [3.63, 3.8) is 0 Å². The van der Waals surface area contributed by atoms with Crippen molar-refractivity contribution in [2.75, 3.05) is 37.7 Å². The fourth-order valence-electron chi connectivity index (χ4n) is 4.12. The molecule has 156 valence electrons. The normalized spacial score (nSPS) is 17.1. The smallest absolute Gasteiger partial charge is 0.310 e. The number of hydrogen-bond acceptors (Lipinski definition) is 4. The Hall–Kier alpha value is -2.33. The van der Waals surface area contributed by atoms with Gasteiger partial charge in [0.15, 0.2) is 0 Å². The standard InChI is InChI=1S/C25H34N2O2/c1-2-29-25(28)22-13-12-19-26(21-22)18-10-5-11-20-27(23-14-6-3-7-15-23)24-16-8-4-9-17-24/h3-4,6-9,14-17,22H,2,5,10-13,18-21H2,1H3/t22-/m1/s1. The number of unbranched alkanes of at least 4 members (excludes halogenated alkanes) is 2. The molecule has 0 aromatic heterocycles. The van der Waals surface area contributed by atoms with Crippen LogP contribution in [0.15, 0.2) is 60.7 Å². The average molecular weight is 395 g/mol. The Balaban J connectivity index is 1.44. The number of carbonyl (C=O) groups excluding carboxylic acids is 1. The predicted molar refractivity (Wildman–Crippen MR) is 120 cm³/mol. The summed E-state index contributed by atoms with van der Waals surface area (Å²) in [6.45, 7) is 6.42. The lowest BCUT2D eigenvalue weighted by molar-refractivity contribution is -0.149. The van der Waals surface area contributed by atoms with Gasteiger partial charge in [0.05, 0.1) is 12.5 Å². The van der Waals surface area contributed by atoms with Crippen LogP contribution in [0.3, 0.4) is 0 Å². The fourth-order valence-corrected chi connectivity index (χ4v) is 4.12. The van der Waals surface area contributed by atoms with Crippen molar-refractivity contribution >= 4 is 17.3 Å². The lowest BCUT2D eigenvalue weighted by Gasteiger charge is -2.31. The fraction of sp³-hybridized carbons (Fsp3) is 0.480. The molecular formula is C25H34N2O2. The zero-order valence-electron chi connectivity index (χ0n) is 17.6. The van der Waals surface area contributed by atoms with Gasteiger partial charge in [0.25, 0.3) is 0 Å². The van der Waals surface area contributed by atoms with Crippen LogP contribution in [-0.2, 0) is 9.53 Å². The third-order valence-electron chi connectivity index (χ3n) is 5.62. The van der Waals surface area contributed by atoms with E-state index in [-0.39, 0.29) is 11.9 Å². The lowest BCUT2D eigenvalue weighted by Crippen LogP contribution is -2.39. The van der Waals surface area contributed by atoms with Gasteiger partial charge in [-0.25, -0.2) is 0 Å². The van der Waals surface area contributed by atoms with E-state index in [0.29, 0.717) is 6.61 Å². The number of carbonyl (C=O) groups is 1. The molecular weight excluding hydrogens is 360 g/mol. The highest BCUT2D eigenvalue weighted by atomic mass is 16.5. The van der Waals surface area contributed by atoms with Gasteiger partial charge in [0, 0.05) is 24.5 Å². The van der Waals surface area contributed by atoms with Gasteiger partial charge in [-0.3, -0.25) is 4.79 Å². The monoisotopic (exact) mass is 394 g/mol. The first-order valence-electron chi connectivity index (χ1n) is 11.0. The molecule has 0 unspecified atom stereocenters. The first kappa shape index (κ1) is 21.4. The van der Waals surface area contributed by atoms with Crippen molar-refractivity contribution in [3.8, 4) is 0 Å². The number of likely N-dealkylation sites (tertiary alicyclic amines) is 1. The maximum Gasteiger partial charge on any atom is 0.310 e. The van der Waals surface area contributed by atoms with Crippen molar-refractivity contribution in [1.82, 2.24) is 4.90 Å². The maximum atomic E-state index is 12.0. The molecule has 1 heterocycles.